The Morgan fingerprint density at radius 3 is 2.65 bits per heavy atom. The molecule has 0 saturated heterocycles. The summed E-state index contributed by atoms with van der Waals surface area (Å²) in [5, 5.41) is 3.05. The van der Waals surface area contributed by atoms with Gasteiger partial charge in [-0.2, -0.15) is 0 Å². The number of nitrogens with one attached hydrogen (secondary N) is 1. The molecular weight excluding hydrogens is 248 g/mol. The molecule has 1 saturated carbocycles. The molecule has 0 unspecified atom stereocenters. The topological polar surface area (TPSA) is 42.0 Å². The van der Waals surface area contributed by atoms with Gasteiger partial charge in [-0.1, -0.05) is 37.3 Å². The van der Waals surface area contributed by atoms with Crippen LogP contribution in [0.1, 0.15) is 19.8 Å². The Morgan fingerprint density at radius 2 is 1.95 bits per heavy atom. The van der Waals surface area contributed by atoms with Crippen molar-refractivity contribution in [3.05, 3.63) is 48.8 Å². The summed E-state index contributed by atoms with van der Waals surface area (Å²) in [6.45, 7) is 2.19. The van der Waals surface area contributed by atoms with Crippen LogP contribution in [0.4, 0.5) is 5.69 Å². The number of pyridine rings is 1. The molecule has 2 aromatic rings. The van der Waals surface area contributed by atoms with Gasteiger partial charge in [0.2, 0.25) is 5.91 Å². The van der Waals surface area contributed by atoms with Crippen LogP contribution in [-0.2, 0) is 4.79 Å². The molecule has 1 aromatic carbocycles. The lowest BCUT2D eigenvalue weighted by Gasteiger charge is -2.31. The van der Waals surface area contributed by atoms with E-state index >= 15 is 0 Å². The number of hydrogen-bond donors (Lipinski definition) is 1. The van der Waals surface area contributed by atoms with E-state index in [4.69, 9.17) is 0 Å². The smallest absolute Gasteiger partial charge is 0.227 e. The van der Waals surface area contributed by atoms with E-state index in [2.05, 4.69) is 17.2 Å². The molecule has 102 valence electrons. The molecule has 1 aliphatic rings. The van der Waals surface area contributed by atoms with Gasteiger partial charge in [0.25, 0.3) is 0 Å². The zero-order valence-corrected chi connectivity index (χ0v) is 11.5. The molecule has 20 heavy (non-hydrogen) atoms. The van der Waals surface area contributed by atoms with Crippen LogP contribution in [0.5, 0.6) is 0 Å². The van der Waals surface area contributed by atoms with E-state index in [1.807, 2.05) is 36.4 Å². The minimum atomic E-state index is 0.131. The van der Waals surface area contributed by atoms with Crippen molar-refractivity contribution in [2.45, 2.75) is 19.8 Å². The first-order valence-electron chi connectivity index (χ1n) is 7.04. The summed E-state index contributed by atoms with van der Waals surface area (Å²) in [7, 11) is 0. The zero-order valence-electron chi connectivity index (χ0n) is 11.5. The number of anilines is 1. The molecule has 3 rings (SSSR count). The van der Waals surface area contributed by atoms with Gasteiger partial charge in [0.1, 0.15) is 0 Å². The standard InChI is InChI=1S/C17H18N2O/c1-12-9-14(10-12)17(20)19-16-7-8-18-11-15(16)13-5-3-2-4-6-13/h2-8,11-12,14H,9-10H2,1H3,(H,18,19,20). The van der Waals surface area contributed by atoms with Crippen LogP contribution in [0, 0.1) is 11.8 Å². The first-order valence-corrected chi connectivity index (χ1v) is 7.04. The minimum absolute atomic E-state index is 0.131. The molecule has 0 spiro atoms. The van der Waals surface area contributed by atoms with Crippen LogP contribution in [-0.4, -0.2) is 10.9 Å². The lowest BCUT2D eigenvalue weighted by Crippen LogP contribution is -2.33. The molecule has 1 fully saturated rings. The van der Waals surface area contributed by atoms with E-state index in [0.29, 0.717) is 5.92 Å². The highest BCUT2D eigenvalue weighted by molar-refractivity contribution is 5.96. The van der Waals surface area contributed by atoms with E-state index in [1.54, 1.807) is 12.4 Å². The summed E-state index contributed by atoms with van der Waals surface area (Å²) in [6.07, 6.45) is 5.51. The molecule has 1 aliphatic carbocycles. The number of carbonyl (C=O) groups excluding carboxylic acids is 1. The highest BCUT2D eigenvalue weighted by Gasteiger charge is 2.31. The average molecular weight is 266 g/mol. The summed E-state index contributed by atoms with van der Waals surface area (Å²) in [4.78, 5) is 16.4. The third kappa shape index (κ3) is 2.57. The first-order chi connectivity index (χ1) is 9.74. The fraction of sp³-hybridized carbons (Fsp3) is 0.294. The molecule has 1 heterocycles. The van der Waals surface area contributed by atoms with Crippen LogP contribution in [0.2, 0.25) is 0 Å². The Morgan fingerprint density at radius 1 is 1.20 bits per heavy atom. The third-order valence-electron chi connectivity index (χ3n) is 3.91. The summed E-state index contributed by atoms with van der Waals surface area (Å²) in [6, 6.07) is 11.9. The molecule has 0 bridgehead atoms. The molecule has 1 aromatic heterocycles. The highest BCUT2D eigenvalue weighted by Crippen LogP contribution is 2.35. The molecule has 0 aliphatic heterocycles. The summed E-state index contributed by atoms with van der Waals surface area (Å²) in [5.74, 6) is 0.977. The van der Waals surface area contributed by atoms with Crippen molar-refractivity contribution < 1.29 is 4.79 Å². The quantitative estimate of drug-likeness (QED) is 0.919. The Labute approximate surface area is 119 Å². The van der Waals surface area contributed by atoms with Gasteiger partial charge in [0, 0.05) is 23.9 Å². The van der Waals surface area contributed by atoms with Crippen molar-refractivity contribution in [3.63, 3.8) is 0 Å². The second-order valence-electron chi connectivity index (χ2n) is 5.55. The summed E-state index contributed by atoms with van der Waals surface area (Å²) >= 11 is 0. The van der Waals surface area contributed by atoms with E-state index in [9.17, 15) is 4.79 Å². The Balaban J connectivity index is 1.82. The molecular formula is C17H18N2O. The Bertz CT molecular complexity index is 603. The van der Waals surface area contributed by atoms with E-state index in [-0.39, 0.29) is 11.8 Å². The van der Waals surface area contributed by atoms with E-state index in [1.165, 1.54) is 0 Å². The lowest BCUT2D eigenvalue weighted by atomic mass is 9.75. The van der Waals surface area contributed by atoms with Gasteiger partial charge in [0.05, 0.1) is 5.69 Å². The normalized spacial score (nSPS) is 21.1. The molecule has 1 amide bonds. The maximum Gasteiger partial charge on any atom is 0.227 e. The molecule has 3 nitrogen and oxygen atoms in total. The molecule has 0 radical (unpaired) electrons. The van der Waals surface area contributed by atoms with Crippen molar-refractivity contribution in [1.82, 2.24) is 4.98 Å². The van der Waals surface area contributed by atoms with Gasteiger partial charge in [-0.3, -0.25) is 9.78 Å². The van der Waals surface area contributed by atoms with Crippen molar-refractivity contribution in [2.24, 2.45) is 11.8 Å². The minimum Gasteiger partial charge on any atom is -0.325 e. The number of nitrogens with zero attached hydrogens (tertiary/aromatic N) is 1. The number of aromatic nitrogens is 1. The second kappa shape index (κ2) is 5.45. The second-order valence-corrected chi connectivity index (χ2v) is 5.55. The third-order valence-corrected chi connectivity index (χ3v) is 3.91. The summed E-state index contributed by atoms with van der Waals surface area (Å²) in [5.41, 5.74) is 2.88. The van der Waals surface area contributed by atoms with Gasteiger partial charge >= 0.3 is 0 Å². The van der Waals surface area contributed by atoms with Gasteiger partial charge < -0.3 is 5.32 Å². The fourth-order valence-electron chi connectivity index (χ4n) is 2.70. The van der Waals surface area contributed by atoms with Gasteiger partial charge in [-0.25, -0.2) is 0 Å². The van der Waals surface area contributed by atoms with Crippen LogP contribution in [0.3, 0.4) is 0 Å². The zero-order chi connectivity index (χ0) is 13.9. The Hall–Kier alpha value is -2.16. The van der Waals surface area contributed by atoms with Crippen LogP contribution >= 0.6 is 0 Å². The van der Waals surface area contributed by atoms with Crippen LogP contribution < -0.4 is 5.32 Å². The molecule has 3 heteroatoms. The summed E-state index contributed by atoms with van der Waals surface area (Å²) < 4.78 is 0. The van der Waals surface area contributed by atoms with Gasteiger partial charge in [-0.15, -0.1) is 0 Å². The van der Waals surface area contributed by atoms with Crippen LogP contribution in [0.15, 0.2) is 48.8 Å². The van der Waals surface area contributed by atoms with Crippen LogP contribution in [0.25, 0.3) is 11.1 Å². The number of rotatable bonds is 3. The van der Waals surface area contributed by atoms with E-state index < -0.39 is 0 Å². The lowest BCUT2D eigenvalue weighted by molar-refractivity contribution is -0.123. The maximum absolute atomic E-state index is 12.2. The van der Waals surface area contributed by atoms with Crippen molar-refractivity contribution in [3.8, 4) is 11.1 Å². The molecule has 0 atom stereocenters. The number of benzene rings is 1. The van der Waals surface area contributed by atoms with Gasteiger partial charge in [-0.05, 0) is 30.4 Å². The number of hydrogen-bond acceptors (Lipinski definition) is 2. The van der Waals surface area contributed by atoms with Crippen molar-refractivity contribution in [2.75, 3.05) is 5.32 Å². The van der Waals surface area contributed by atoms with Crippen molar-refractivity contribution in [1.29, 1.82) is 0 Å². The van der Waals surface area contributed by atoms with Gasteiger partial charge in [0.15, 0.2) is 0 Å². The first kappa shape index (κ1) is 12.9. The molecule has 1 N–H and O–H groups in total. The maximum atomic E-state index is 12.2. The number of amides is 1. The SMILES string of the molecule is CC1CC(C(=O)Nc2ccncc2-c2ccccc2)C1. The Kier molecular flexibility index (Phi) is 3.50. The predicted molar refractivity (Wildman–Crippen MR) is 80.2 cm³/mol. The largest absolute Gasteiger partial charge is 0.325 e. The van der Waals surface area contributed by atoms with E-state index in [0.717, 1.165) is 29.7 Å². The average Bonchev–Trinajstić information content (AvgIpc) is 2.45. The van der Waals surface area contributed by atoms with Crippen molar-refractivity contribution >= 4 is 11.6 Å². The monoisotopic (exact) mass is 266 g/mol. The number of carbonyl (C=O) groups is 1. The fourth-order valence-corrected chi connectivity index (χ4v) is 2.70. The predicted octanol–water partition coefficient (Wildman–Crippen LogP) is 3.73. The highest BCUT2D eigenvalue weighted by atomic mass is 16.1.